The van der Waals surface area contributed by atoms with Gasteiger partial charge in [0.15, 0.2) is 0 Å². The van der Waals surface area contributed by atoms with Crippen molar-refractivity contribution < 1.29 is 0 Å². The van der Waals surface area contributed by atoms with Crippen molar-refractivity contribution >= 4 is 20.2 Å². The van der Waals surface area contributed by atoms with Crippen LogP contribution in [0.4, 0.5) is 0 Å². The van der Waals surface area contributed by atoms with Gasteiger partial charge < -0.3 is 0 Å². The number of fused-ring (bicyclic) bond motifs is 2. The van der Waals surface area contributed by atoms with E-state index >= 15 is 0 Å². The molecule has 0 bridgehead atoms. The zero-order valence-electron chi connectivity index (χ0n) is 24.4. The van der Waals surface area contributed by atoms with Crippen LogP contribution in [0.25, 0.3) is 34.4 Å². The molecule has 39 heavy (non-hydrogen) atoms. The van der Waals surface area contributed by atoms with E-state index in [1.54, 1.807) is 10.4 Å². The Morgan fingerprint density at radius 2 is 1.00 bits per heavy atom. The first-order valence-electron chi connectivity index (χ1n) is 14.6. The van der Waals surface area contributed by atoms with E-state index in [4.69, 9.17) is 0 Å². The second kappa shape index (κ2) is 9.95. The number of benzene rings is 4. The van der Waals surface area contributed by atoms with E-state index in [1.807, 2.05) is 0 Å². The van der Waals surface area contributed by atoms with Gasteiger partial charge in [-0.15, -0.1) is 0 Å². The highest BCUT2D eigenvalue weighted by molar-refractivity contribution is 6.93. The Morgan fingerprint density at radius 1 is 0.590 bits per heavy atom. The summed E-state index contributed by atoms with van der Waals surface area (Å²) in [6.07, 6.45) is 8.66. The Morgan fingerprint density at radius 3 is 1.38 bits per heavy atom. The van der Waals surface area contributed by atoms with Crippen LogP contribution < -0.4 is 0 Å². The normalized spacial score (nSPS) is 14.2. The third-order valence-electron chi connectivity index (χ3n) is 9.02. The summed E-state index contributed by atoms with van der Waals surface area (Å²) in [7, 11) is -1.85. The number of aryl methyl sites for hydroxylation is 4. The Hall–Kier alpha value is -3.42. The molecule has 0 radical (unpaired) electrons. The predicted octanol–water partition coefficient (Wildman–Crippen LogP) is 10.4. The maximum atomic E-state index is 2.65. The minimum absolute atomic E-state index is 1.11. The fourth-order valence-electron chi connectivity index (χ4n) is 7.24. The molecule has 2 aliphatic carbocycles. The van der Waals surface area contributed by atoms with Crippen molar-refractivity contribution in [2.24, 2.45) is 0 Å². The molecular weight excluding hydrogens is 485 g/mol. The minimum Gasteiger partial charge on any atom is -0.0712 e. The van der Waals surface area contributed by atoms with Gasteiger partial charge in [0.2, 0.25) is 0 Å². The van der Waals surface area contributed by atoms with Crippen LogP contribution in [0, 0.1) is 27.7 Å². The molecule has 0 spiro atoms. The van der Waals surface area contributed by atoms with E-state index in [9.17, 15) is 0 Å². The molecule has 4 aromatic carbocycles. The summed E-state index contributed by atoms with van der Waals surface area (Å²) < 4.78 is 0. The van der Waals surface area contributed by atoms with Crippen LogP contribution in [0.15, 0.2) is 83.2 Å². The molecule has 0 aromatic heterocycles. The molecule has 6 rings (SSSR count). The van der Waals surface area contributed by atoms with Gasteiger partial charge in [0.05, 0.1) is 0 Å². The monoisotopic (exact) mass is 524 g/mol. The largest absolute Gasteiger partial charge is 0.106 e. The smallest absolute Gasteiger partial charge is 0.0712 e. The van der Waals surface area contributed by atoms with Crippen molar-refractivity contribution in [3.8, 4) is 22.3 Å². The Balaban J connectivity index is 1.43. The zero-order chi connectivity index (χ0) is 27.3. The maximum absolute atomic E-state index is 2.65. The highest BCUT2D eigenvalue weighted by Gasteiger charge is 2.39. The summed E-state index contributed by atoms with van der Waals surface area (Å²) in [6.45, 7) is 13.9. The van der Waals surface area contributed by atoms with E-state index in [1.165, 1.54) is 79.2 Å². The van der Waals surface area contributed by atoms with Crippen molar-refractivity contribution in [2.45, 2.75) is 66.5 Å². The van der Waals surface area contributed by atoms with Gasteiger partial charge in [0, 0.05) is 0 Å². The molecule has 0 nitrogen and oxygen atoms in total. The third-order valence-corrected chi connectivity index (χ3v) is 14.0. The molecule has 0 saturated carbocycles. The van der Waals surface area contributed by atoms with Crippen molar-refractivity contribution in [3.05, 3.63) is 128 Å². The lowest BCUT2D eigenvalue weighted by Crippen LogP contribution is -2.36. The van der Waals surface area contributed by atoms with E-state index < -0.39 is 8.07 Å². The van der Waals surface area contributed by atoms with Crippen LogP contribution in [0.2, 0.25) is 12.6 Å². The van der Waals surface area contributed by atoms with Gasteiger partial charge in [-0.1, -0.05) is 144 Å². The van der Waals surface area contributed by atoms with Crippen LogP contribution in [0.3, 0.4) is 0 Å². The lowest BCUT2D eigenvalue weighted by molar-refractivity contribution is 1.03. The first-order chi connectivity index (χ1) is 18.7. The molecule has 0 heterocycles. The van der Waals surface area contributed by atoms with Crippen LogP contribution in [0.1, 0.15) is 57.9 Å². The topological polar surface area (TPSA) is 0 Å². The molecule has 0 unspecified atom stereocenters. The maximum Gasteiger partial charge on any atom is 0.106 e. The van der Waals surface area contributed by atoms with Gasteiger partial charge in [-0.2, -0.15) is 0 Å². The third kappa shape index (κ3) is 4.68. The van der Waals surface area contributed by atoms with E-state index in [2.05, 4.69) is 126 Å². The average Bonchev–Trinajstić information content (AvgIpc) is 3.53. The SMILES string of the molecule is CCC[Si](C)(C1=Cc2c(cccc2-c2cc(C)cc(C)c2)C1)C1=Cc2c(cccc2-c2cc(C)cc(C)c2)C1. The Labute approximate surface area is 236 Å². The fourth-order valence-corrected chi connectivity index (χ4v) is 11.4. The van der Waals surface area contributed by atoms with Crippen molar-refractivity contribution in [3.63, 3.8) is 0 Å². The van der Waals surface area contributed by atoms with E-state index in [-0.39, 0.29) is 0 Å². The number of rotatable bonds is 6. The quantitative estimate of drug-likeness (QED) is 0.220. The first-order valence-corrected chi connectivity index (χ1v) is 17.3. The number of allylic oxidation sites excluding steroid dienone is 2. The zero-order valence-corrected chi connectivity index (χ0v) is 25.4. The van der Waals surface area contributed by atoms with Gasteiger partial charge in [0.25, 0.3) is 0 Å². The Bertz CT molecular complexity index is 1500. The molecule has 0 fully saturated rings. The molecule has 0 saturated heterocycles. The average molecular weight is 525 g/mol. The van der Waals surface area contributed by atoms with E-state index in [0.717, 1.165) is 12.8 Å². The first kappa shape index (κ1) is 25.8. The van der Waals surface area contributed by atoms with E-state index in [0.29, 0.717) is 0 Å². The fraction of sp³-hybridized carbons (Fsp3) is 0.263. The highest BCUT2D eigenvalue weighted by Crippen LogP contribution is 2.45. The summed E-state index contributed by atoms with van der Waals surface area (Å²) in [5.41, 5.74) is 16.8. The molecular formula is C38H40Si. The summed E-state index contributed by atoms with van der Waals surface area (Å²) in [6, 6.07) is 29.2. The second-order valence-electron chi connectivity index (χ2n) is 12.3. The molecule has 0 atom stereocenters. The summed E-state index contributed by atoms with van der Waals surface area (Å²) in [5.74, 6) is 0. The minimum atomic E-state index is -1.85. The van der Waals surface area contributed by atoms with Crippen LogP contribution in [0.5, 0.6) is 0 Å². The van der Waals surface area contributed by atoms with Gasteiger partial charge in [-0.05, 0) is 85.0 Å². The highest BCUT2D eigenvalue weighted by atomic mass is 28.3. The van der Waals surface area contributed by atoms with Crippen LogP contribution >= 0.6 is 0 Å². The van der Waals surface area contributed by atoms with Gasteiger partial charge >= 0.3 is 0 Å². The number of hydrogen-bond acceptors (Lipinski definition) is 0. The lowest BCUT2D eigenvalue weighted by Gasteiger charge is -2.31. The van der Waals surface area contributed by atoms with Gasteiger partial charge in [0.1, 0.15) is 8.07 Å². The molecule has 0 amide bonds. The lowest BCUT2D eigenvalue weighted by atomic mass is 9.95. The van der Waals surface area contributed by atoms with Crippen LogP contribution in [-0.4, -0.2) is 8.07 Å². The van der Waals surface area contributed by atoms with Crippen LogP contribution in [-0.2, 0) is 12.8 Å². The number of hydrogen-bond donors (Lipinski definition) is 0. The molecule has 0 aliphatic heterocycles. The molecule has 0 N–H and O–H groups in total. The molecule has 2 aliphatic rings. The summed E-state index contributed by atoms with van der Waals surface area (Å²) in [4.78, 5) is 0. The predicted molar refractivity (Wildman–Crippen MR) is 173 cm³/mol. The summed E-state index contributed by atoms with van der Waals surface area (Å²) >= 11 is 0. The van der Waals surface area contributed by atoms with Gasteiger partial charge in [-0.3, -0.25) is 0 Å². The van der Waals surface area contributed by atoms with Crippen molar-refractivity contribution in [1.29, 1.82) is 0 Å². The Kier molecular flexibility index (Phi) is 6.59. The van der Waals surface area contributed by atoms with Crippen molar-refractivity contribution in [1.82, 2.24) is 0 Å². The molecule has 1 heteroatoms. The molecule has 196 valence electrons. The second-order valence-corrected chi connectivity index (χ2v) is 16.7. The van der Waals surface area contributed by atoms with Gasteiger partial charge in [-0.25, -0.2) is 0 Å². The van der Waals surface area contributed by atoms with Crippen molar-refractivity contribution in [2.75, 3.05) is 0 Å². The molecule has 4 aromatic rings. The standard InChI is InChI=1S/C38H40Si/c1-7-14-39(6,33-21-29-10-8-12-35(37(29)23-33)31-17-25(2)15-26(3)18-31)34-22-30-11-9-13-36(38(30)24-34)32-19-27(4)16-28(5)20-32/h8-13,15-20,23-24H,7,14,21-22H2,1-6H3. The summed E-state index contributed by atoms with van der Waals surface area (Å²) in [5, 5.41) is 3.42.